The van der Waals surface area contributed by atoms with E-state index in [-0.39, 0.29) is 5.56 Å². The van der Waals surface area contributed by atoms with Crippen LogP contribution in [0.4, 0.5) is 10.5 Å². The number of aromatic nitrogens is 1. The van der Waals surface area contributed by atoms with Crippen LogP contribution in [0.2, 0.25) is 0 Å². The lowest BCUT2D eigenvalue weighted by Crippen LogP contribution is -2.24. The highest BCUT2D eigenvalue weighted by atomic mass is 16.4. The molecule has 0 bridgehead atoms. The molecule has 130 valence electrons. The summed E-state index contributed by atoms with van der Waals surface area (Å²) in [5, 5.41) is 15.6. The molecule has 7 heteroatoms. The lowest BCUT2D eigenvalue weighted by atomic mass is 10.2. The highest BCUT2D eigenvalue weighted by Gasteiger charge is 2.05. The number of anilines is 1. The number of carbonyl (C=O) groups excluding carboxylic acids is 1. The van der Waals surface area contributed by atoms with Crippen molar-refractivity contribution in [1.29, 1.82) is 0 Å². The number of carboxylic acid groups (broad SMARTS) is 1. The Bertz CT molecular complexity index is 931. The third-order valence-electron chi connectivity index (χ3n) is 3.57. The van der Waals surface area contributed by atoms with Crippen LogP contribution in [-0.4, -0.2) is 27.9 Å². The van der Waals surface area contributed by atoms with E-state index in [1.807, 2.05) is 41.1 Å². The Hall–Kier alpha value is -3.87. The summed E-state index contributed by atoms with van der Waals surface area (Å²) in [6.07, 6.45) is 3.33. The quantitative estimate of drug-likeness (QED) is 0.487. The summed E-state index contributed by atoms with van der Waals surface area (Å²) in [5.74, 6) is -0.973. The molecule has 1 heterocycles. The Kier molecular flexibility index (Phi) is 5.09. The van der Waals surface area contributed by atoms with Crippen molar-refractivity contribution in [3.63, 3.8) is 0 Å². The molecule has 0 aliphatic rings. The van der Waals surface area contributed by atoms with Crippen LogP contribution in [-0.2, 0) is 0 Å². The molecule has 3 N–H and O–H groups in total. The van der Waals surface area contributed by atoms with Gasteiger partial charge in [0.25, 0.3) is 0 Å². The van der Waals surface area contributed by atoms with Gasteiger partial charge in [-0.2, -0.15) is 5.10 Å². The van der Waals surface area contributed by atoms with Crippen LogP contribution in [0.5, 0.6) is 0 Å². The zero-order chi connectivity index (χ0) is 18.4. The Balaban J connectivity index is 1.66. The molecule has 0 spiro atoms. The zero-order valence-corrected chi connectivity index (χ0v) is 13.7. The fourth-order valence-corrected chi connectivity index (χ4v) is 2.34. The number of nitrogens with one attached hydrogen (secondary N) is 2. The maximum Gasteiger partial charge on any atom is 0.339 e. The van der Waals surface area contributed by atoms with Gasteiger partial charge in [-0.3, -0.25) is 0 Å². The molecule has 1 aromatic heterocycles. The van der Waals surface area contributed by atoms with E-state index in [4.69, 9.17) is 5.11 Å². The minimum atomic E-state index is -0.973. The summed E-state index contributed by atoms with van der Waals surface area (Å²) in [6.45, 7) is 0. The van der Waals surface area contributed by atoms with Gasteiger partial charge in [0.05, 0.1) is 17.5 Å². The minimum Gasteiger partial charge on any atom is -0.478 e. The Morgan fingerprint density at radius 2 is 1.69 bits per heavy atom. The molecular formula is C19H16N4O3. The van der Waals surface area contributed by atoms with E-state index < -0.39 is 12.0 Å². The molecule has 26 heavy (non-hydrogen) atoms. The van der Waals surface area contributed by atoms with Gasteiger partial charge < -0.3 is 15.0 Å². The number of para-hydroxylation sites is 1. The summed E-state index contributed by atoms with van der Waals surface area (Å²) in [5.41, 5.74) is 4.80. The van der Waals surface area contributed by atoms with E-state index in [1.165, 1.54) is 18.3 Å². The van der Waals surface area contributed by atoms with Crippen molar-refractivity contribution in [2.24, 2.45) is 5.10 Å². The highest BCUT2D eigenvalue weighted by Crippen LogP contribution is 2.13. The Morgan fingerprint density at radius 1 is 0.962 bits per heavy atom. The summed E-state index contributed by atoms with van der Waals surface area (Å²) in [6, 6.07) is 18.7. The Labute approximate surface area is 149 Å². The fourth-order valence-electron chi connectivity index (χ4n) is 2.34. The highest BCUT2D eigenvalue weighted by molar-refractivity contribution is 5.90. The number of amides is 2. The van der Waals surface area contributed by atoms with E-state index in [0.29, 0.717) is 5.69 Å². The smallest absolute Gasteiger partial charge is 0.339 e. The average molecular weight is 348 g/mol. The minimum absolute atomic E-state index is 0.218. The number of aromatic carboxylic acids is 1. The van der Waals surface area contributed by atoms with Gasteiger partial charge >= 0.3 is 12.0 Å². The van der Waals surface area contributed by atoms with Gasteiger partial charge in [-0.25, -0.2) is 15.0 Å². The number of hydrazone groups is 1. The predicted molar refractivity (Wildman–Crippen MR) is 98.9 cm³/mol. The molecule has 2 aromatic carbocycles. The maximum atomic E-state index is 11.8. The van der Waals surface area contributed by atoms with E-state index in [1.54, 1.807) is 24.3 Å². The standard InChI is InChI=1S/C19H16N4O3/c24-18(25)14-8-10-16(11-9-14)23-12-4-7-17(23)13-20-22-19(26)21-15-5-2-1-3-6-15/h1-13H,(H,24,25)(H2,21,22,26)/b20-13+. The van der Waals surface area contributed by atoms with Crippen LogP contribution in [0, 0.1) is 0 Å². The van der Waals surface area contributed by atoms with Crippen molar-refractivity contribution < 1.29 is 14.7 Å². The van der Waals surface area contributed by atoms with Gasteiger partial charge in [0, 0.05) is 17.6 Å². The molecule has 0 aliphatic heterocycles. The van der Waals surface area contributed by atoms with Gasteiger partial charge in [0.1, 0.15) is 0 Å². The van der Waals surface area contributed by atoms with Crippen molar-refractivity contribution in [2.75, 3.05) is 5.32 Å². The summed E-state index contributed by atoms with van der Waals surface area (Å²) in [4.78, 5) is 22.7. The maximum absolute atomic E-state index is 11.8. The molecule has 0 radical (unpaired) electrons. The van der Waals surface area contributed by atoms with E-state index in [2.05, 4.69) is 15.8 Å². The lowest BCUT2D eigenvalue weighted by molar-refractivity contribution is 0.0697. The SMILES string of the molecule is O=C(N/N=C/c1cccn1-c1ccc(C(=O)O)cc1)Nc1ccccc1. The fraction of sp³-hybridized carbons (Fsp3) is 0. The average Bonchev–Trinajstić information content (AvgIpc) is 3.11. The molecule has 3 rings (SSSR count). The number of rotatable bonds is 5. The molecule has 0 saturated heterocycles. The molecule has 0 fully saturated rings. The molecule has 2 amide bonds. The molecule has 0 atom stereocenters. The number of urea groups is 1. The monoisotopic (exact) mass is 348 g/mol. The number of carbonyl (C=O) groups is 2. The largest absolute Gasteiger partial charge is 0.478 e. The van der Waals surface area contributed by atoms with Crippen LogP contribution in [0.25, 0.3) is 5.69 Å². The zero-order valence-electron chi connectivity index (χ0n) is 13.7. The molecule has 0 aliphatic carbocycles. The van der Waals surface area contributed by atoms with E-state index >= 15 is 0 Å². The van der Waals surface area contributed by atoms with Gasteiger partial charge in [0.15, 0.2) is 0 Å². The predicted octanol–water partition coefficient (Wildman–Crippen LogP) is 3.33. The summed E-state index contributed by atoms with van der Waals surface area (Å²) in [7, 11) is 0. The van der Waals surface area contributed by atoms with Gasteiger partial charge in [-0.1, -0.05) is 18.2 Å². The second-order valence-electron chi connectivity index (χ2n) is 5.35. The van der Waals surface area contributed by atoms with Crippen LogP contribution >= 0.6 is 0 Å². The normalized spacial score (nSPS) is 10.6. The number of hydrogen-bond acceptors (Lipinski definition) is 3. The van der Waals surface area contributed by atoms with Crippen molar-refractivity contribution in [2.45, 2.75) is 0 Å². The number of hydrogen-bond donors (Lipinski definition) is 3. The van der Waals surface area contributed by atoms with E-state index in [0.717, 1.165) is 11.4 Å². The third kappa shape index (κ3) is 4.15. The summed E-state index contributed by atoms with van der Waals surface area (Å²) >= 11 is 0. The second kappa shape index (κ2) is 7.80. The molecule has 0 saturated carbocycles. The van der Waals surface area contributed by atoms with Crippen molar-refractivity contribution in [3.05, 3.63) is 84.2 Å². The third-order valence-corrected chi connectivity index (χ3v) is 3.57. The van der Waals surface area contributed by atoms with Crippen LogP contribution in [0.3, 0.4) is 0 Å². The number of nitrogens with zero attached hydrogens (tertiary/aromatic N) is 2. The second-order valence-corrected chi connectivity index (χ2v) is 5.35. The lowest BCUT2D eigenvalue weighted by Gasteiger charge is -2.07. The van der Waals surface area contributed by atoms with Crippen molar-refractivity contribution in [1.82, 2.24) is 9.99 Å². The van der Waals surface area contributed by atoms with Crippen molar-refractivity contribution in [3.8, 4) is 5.69 Å². The van der Waals surface area contributed by atoms with Gasteiger partial charge in [-0.15, -0.1) is 0 Å². The molecule has 0 unspecified atom stereocenters. The molecular weight excluding hydrogens is 332 g/mol. The molecule has 7 nitrogen and oxygen atoms in total. The van der Waals surface area contributed by atoms with E-state index in [9.17, 15) is 9.59 Å². The van der Waals surface area contributed by atoms with Gasteiger partial charge in [0.2, 0.25) is 0 Å². The van der Waals surface area contributed by atoms with Gasteiger partial charge in [-0.05, 0) is 48.5 Å². The number of carboxylic acids is 1. The first-order chi connectivity index (χ1) is 12.6. The topological polar surface area (TPSA) is 95.7 Å². The molecule has 3 aromatic rings. The van der Waals surface area contributed by atoms with Crippen LogP contribution in [0.15, 0.2) is 78.0 Å². The summed E-state index contributed by atoms with van der Waals surface area (Å²) < 4.78 is 1.83. The Morgan fingerprint density at radius 3 is 2.38 bits per heavy atom. The first kappa shape index (κ1) is 17.0. The van der Waals surface area contributed by atoms with Crippen LogP contribution in [0.1, 0.15) is 16.1 Å². The first-order valence-corrected chi connectivity index (χ1v) is 7.80. The van der Waals surface area contributed by atoms with Crippen molar-refractivity contribution >= 4 is 23.9 Å². The number of benzene rings is 2. The van der Waals surface area contributed by atoms with Crippen LogP contribution < -0.4 is 10.7 Å². The first-order valence-electron chi connectivity index (χ1n) is 7.80.